The first-order valence-corrected chi connectivity index (χ1v) is 5.63. The van der Waals surface area contributed by atoms with Crippen LogP contribution in [0.4, 0.5) is 5.69 Å². The standard InChI is InChI=1S/C11H16N4OS/c1-7(2)15(6-10(12)16)8-3-4-14-9(5-8)11(13)17/h3-5,7H,6H2,1-2H3,(H2,12,16)(H2,13,17). The molecule has 0 aliphatic heterocycles. The molecule has 4 N–H and O–H groups in total. The van der Waals surface area contributed by atoms with Crippen LogP contribution in [0, 0.1) is 0 Å². The molecular weight excluding hydrogens is 236 g/mol. The van der Waals surface area contributed by atoms with E-state index in [9.17, 15) is 4.79 Å². The SMILES string of the molecule is CC(C)N(CC(N)=O)c1ccnc(C(N)=S)c1. The van der Waals surface area contributed by atoms with Crippen molar-refractivity contribution in [3.63, 3.8) is 0 Å². The number of pyridine rings is 1. The fraction of sp³-hybridized carbons (Fsp3) is 0.364. The normalized spacial score (nSPS) is 10.3. The van der Waals surface area contributed by atoms with E-state index in [1.165, 1.54) is 0 Å². The number of thiocarbonyl (C=S) groups is 1. The maximum Gasteiger partial charge on any atom is 0.236 e. The number of carbonyl (C=O) groups is 1. The largest absolute Gasteiger partial charge is 0.388 e. The Hall–Kier alpha value is -1.69. The summed E-state index contributed by atoms with van der Waals surface area (Å²) >= 11 is 4.87. The van der Waals surface area contributed by atoms with Gasteiger partial charge >= 0.3 is 0 Å². The smallest absolute Gasteiger partial charge is 0.236 e. The molecule has 1 amide bonds. The van der Waals surface area contributed by atoms with Crippen LogP contribution >= 0.6 is 12.2 Å². The van der Waals surface area contributed by atoms with Crippen molar-refractivity contribution >= 4 is 28.8 Å². The van der Waals surface area contributed by atoms with Crippen molar-refractivity contribution in [3.8, 4) is 0 Å². The van der Waals surface area contributed by atoms with Gasteiger partial charge in [0.2, 0.25) is 5.91 Å². The van der Waals surface area contributed by atoms with Gasteiger partial charge in [0.15, 0.2) is 0 Å². The molecular formula is C11H16N4OS. The van der Waals surface area contributed by atoms with Crippen LogP contribution in [0.25, 0.3) is 0 Å². The van der Waals surface area contributed by atoms with Crippen LogP contribution in [-0.4, -0.2) is 28.5 Å². The molecule has 92 valence electrons. The second-order valence-electron chi connectivity index (χ2n) is 3.95. The lowest BCUT2D eigenvalue weighted by Crippen LogP contribution is -2.38. The highest BCUT2D eigenvalue weighted by molar-refractivity contribution is 7.80. The van der Waals surface area contributed by atoms with Gasteiger partial charge in [-0.15, -0.1) is 0 Å². The quantitative estimate of drug-likeness (QED) is 0.742. The molecule has 0 saturated heterocycles. The van der Waals surface area contributed by atoms with Crippen LogP contribution in [0.1, 0.15) is 19.5 Å². The fourth-order valence-electron chi connectivity index (χ4n) is 1.47. The van der Waals surface area contributed by atoms with Crippen molar-refractivity contribution in [3.05, 3.63) is 24.0 Å². The second kappa shape index (κ2) is 5.58. The molecule has 1 aromatic rings. The number of primary amides is 1. The number of rotatable bonds is 5. The van der Waals surface area contributed by atoms with Crippen LogP contribution in [-0.2, 0) is 4.79 Å². The zero-order valence-corrected chi connectivity index (χ0v) is 10.7. The average molecular weight is 252 g/mol. The summed E-state index contributed by atoms with van der Waals surface area (Å²) in [5, 5.41) is 0. The Bertz CT molecular complexity index is 433. The lowest BCUT2D eigenvalue weighted by atomic mass is 10.2. The molecule has 1 rings (SSSR count). The van der Waals surface area contributed by atoms with Crippen molar-refractivity contribution in [1.82, 2.24) is 4.98 Å². The second-order valence-corrected chi connectivity index (χ2v) is 4.39. The Labute approximate surface area is 106 Å². The Balaban J connectivity index is 3.05. The zero-order chi connectivity index (χ0) is 13.0. The predicted octanol–water partition coefficient (Wildman–Crippen LogP) is 0.416. The maximum atomic E-state index is 11.0. The van der Waals surface area contributed by atoms with E-state index in [-0.39, 0.29) is 23.5 Å². The molecule has 17 heavy (non-hydrogen) atoms. The van der Waals surface area contributed by atoms with Crippen LogP contribution in [0.15, 0.2) is 18.3 Å². The molecule has 0 radical (unpaired) electrons. The third-order valence-electron chi connectivity index (χ3n) is 2.28. The van der Waals surface area contributed by atoms with Crippen molar-refractivity contribution in [2.75, 3.05) is 11.4 Å². The number of nitrogens with two attached hydrogens (primary N) is 2. The van der Waals surface area contributed by atoms with E-state index in [0.29, 0.717) is 5.69 Å². The van der Waals surface area contributed by atoms with Crippen LogP contribution in [0.3, 0.4) is 0 Å². The Morgan fingerprint density at radius 3 is 2.65 bits per heavy atom. The Morgan fingerprint density at radius 2 is 2.18 bits per heavy atom. The monoisotopic (exact) mass is 252 g/mol. The molecule has 0 unspecified atom stereocenters. The summed E-state index contributed by atoms with van der Waals surface area (Å²) < 4.78 is 0. The van der Waals surface area contributed by atoms with Gasteiger partial charge in [0.25, 0.3) is 0 Å². The third-order valence-corrected chi connectivity index (χ3v) is 2.49. The minimum absolute atomic E-state index is 0.143. The van der Waals surface area contributed by atoms with Crippen LogP contribution in [0.2, 0.25) is 0 Å². The summed E-state index contributed by atoms with van der Waals surface area (Å²) in [5.41, 5.74) is 12.1. The highest BCUT2D eigenvalue weighted by atomic mass is 32.1. The van der Waals surface area contributed by atoms with E-state index in [0.717, 1.165) is 5.69 Å². The van der Waals surface area contributed by atoms with Crippen molar-refractivity contribution in [2.45, 2.75) is 19.9 Å². The number of hydrogen-bond donors (Lipinski definition) is 2. The fourth-order valence-corrected chi connectivity index (χ4v) is 1.58. The van der Waals surface area contributed by atoms with E-state index >= 15 is 0 Å². The summed E-state index contributed by atoms with van der Waals surface area (Å²) in [5.74, 6) is -0.382. The van der Waals surface area contributed by atoms with Crippen LogP contribution < -0.4 is 16.4 Å². The van der Waals surface area contributed by atoms with Gasteiger partial charge in [-0.3, -0.25) is 9.78 Å². The average Bonchev–Trinajstić information content (AvgIpc) is 2.25. The van der Waals surface area contributed by atoms with Crippen LogP contribution in [0.5, 0.6) is 0 Å². The summed E-state index contributed by atoms with van der Waals surface area (Å²) in [6.45, 7) is 4.10. The van der Waals surface area contributed by atoms with Crippen molar-refractivity contribution in [1.29, 1.82) is 0 Å². The molecule has 0 bridgehead atoms. The van der Waals surface area contributed by atoms with Gasteiger partial charge in [0.1, 0.15) is 4.99 Å². The van der Waals surface area contributed by atoms with Gasteiger partial charge in [-0.2, -0.15) is 0 Å². The lowest BCUT2D eigenvalue weighted by molar-refractivity contribution is -0.116. The van der Waals surface area contributed by atoms with Crippen molar-refractivity contribution in [2.24, 2.45) is 11.5 Å². The van der Waals surface area contributed by atoms with Gasteiger partial charge < -0.3 is 16.4 Å². The molecule has 5 nitrogen and oxygen atoms in total. The molecule has 0 spiro atoms. The summed E-state index contributed by atoms with van der Waals surface area (Å²) in [6.07, 6.45) is 1.61. The molecule has 1 aromatic heterocycles. The Morgan fingerprint density at radius 1 is 1.53 bits per heavy atom. The Kier molecular flexibility index (Phi) is 4.39. The molecule has 6 heteroatoms. The highest BCUT2D eigenvalue weighted by Crippen LogP contribution is 2.17. The molecule has 0 aliphatic rings. The first-order chi connectivity index (χ1) is 7.91. The third kappa shape index (κ3) is 3.67. The minimum Gasteiger partial charge on any atom is -0.388 e. The maximum absolute atomic E-state index is 11.0. The number of amides is 1. The topological polar surface area (TPSA) is 85.2 Å². The minimum atomic E-state index is -0.382. The molecule has 1 heterocycles. The summed E-state index contributed by atoms with van der Waals surface area (Å²) in [7, 11) is 0. The zero-order valence-electron chi connectivity index (χ0n) is 9.88. The first-order valence-electron chi connectivity index (χ1n) is 5.22. The molecule has 0 aliphatic carbocycles. The van der Waals surface area contributed by atoms with Crippen molar-refractivity contribution < 1.29 is 4.79 Å². The van der Waals surface area contributed by atoms with E-state index in [2.05, 4.69) is 4.98 Å². The molecule has 0 aromatic carbocycles. The molecule has 0 atom stereocenters. The highest BCUT2D eigenvalue weighted by Gasteiger charge is 2.14. The van der Waals surface area contributed by atoms with E-state index in [4.69, 9.17) is 23.7 Å². The predicted molar refractivity (Wildman–Crippen MR) is 71.8 cm³/mol. The molecule has 0 fully saturated rings. The van der Waals surface area contributed by atoms with E-state index < -0.39 is 0 Å². The van der Waals surface area contributed by atoms with Gasteiger partial charge in [0.05, 0.1) is 12.2 Å². The number of carbonyl (C=O) groups excluding carboxylic acids is 1. The van der Waals surface area contributed by atoms with E-state index in [1.807, 2.05) is 18.7 Å². The lowest BCUT2D eigenvalue weighted by Gasteiger charge is -2.27. The number of aromatic nitrogens is 1. The van der Waals surface area contributed by atoms with Gasteiger partial charge in [0, 0.05) is 17.9 Å². The first kappa shape index (κ1) is 13.4. The van der Waals surface area contributed by atoms with Gasteiger partial charge in [-0.05, 0) is 26.0 Å². The summed E-state index contributed by atoms with van der Waals surface area (Å²) in [4.78, 5) is 17.2. The molecule has 0 saturated carbocycles. The number of hydrogen-bond acceptors (Lipinski definition) is 4. The number of nitrogens with zero attached hydrogens (tertiary/aromatic N) is 2. The van der Waals surface area contributed by atoms with E-state index in [1.54, 1.807) is 18.3 Å². The summed E-state index contributed by atoms with van der Waals surface area (Å²) in [6, 6.07) is 3.69. The van der Waals surface area contributed by atoms with Gasteiger partial charge in [-0.1, -0.05) is 12.2 Å². The van der Waals surface area contributed by atoms with Gasteiger partial charge in [-0.25, -0.2) is 0 Å². The number of anilines is 1.